The summed E-state index contributed by atoms with van der Waals surface area (Å²) in [6, 6.07) is 5.05. The summed E-state index contributed by atoms with van der Waals surface area (Å²) in [5, 5.41) is 6.64. The number of para-hydroxylation sites is 1. The first-order valence-electron chi connectivity index (χ1n) is 10.5. The van der Waals surface area contributed by atoms with E-state index < -0.39 is 16.1 Å². The van der Waals surface area contributed by atoms with Crippen LogP contribution in [0.5, 0.6) is 0 Å². The molecule has 0 radical (unpaired) electrons. The molecule has 0 unspecified atom stereocenters. The summed E-state index contributed by atoms with van der Waals surface area (Å²) in [5.74, 6) is 0.370. The second-order valence-electron chi connectivity index (χ2n) is 8.27. The normalized spacial score (nSPS) is 17.1. The van der Waals surface area contributed by atoms with E-state index in [1.165, 1.54) is 11.3 Å². The molecule has 0 spiro atoms. The van der Waals surface area contributed by atoms with Crippen molar-refractivity contribution >= 4 is 38.2 Å². The Hall–Kier alpha value is -2.39. The van der Waals surface area contributed by atoms with Gasteiger partial charge in [-0.15, -0.1) is 11.3 Å². The van der Waals surface area contributed by atoms with Crippen molar-refractivity contribution in [1.82, 2.24) is 9.71 Å². The number of aromatic nitrogens is 1. The molecule has 0 saturated carbocycles. The van der Waals surface area contributed by atoms with E-state index in [4.69, 9.17) is 0 Å². The summed E-state index contributed by atoms with van der Waals surface area (Å²) in [6.07, 6.45) is 5.18. The average molecular weight is 463 g/mol. The van der Waals surface area contributed by atoms with Crippen molar-refractivity contribution in [3.05, 3.63) is 52.4 Å². The zero-order valence-electron chi connectivity index (χ0n) is 18.3. The molecule has 2 N–H and O–H groups in total. The molecule has 1 aliphatic heterocycles. The standard InChI is InChI=1S/C22H30N4O3S2/c1-15(2)18-8-5-9-19(16(3)4)20(18)24-21(27)25-31(28,29)14-10-17-7-6-12-26(17)22-23-11-13-30-22/h5,8-11,13-17H,6-7,12H2,1-4H3,(H2,24,25,27)/b14-10+/t17-/m0/s1. The van der Waals surface area contributed by atoms with Crippen LogP contribution in [0.25, 0.3) is 0 Å². The molecule has 9 heteroatoms. The number of nitrogens with one attached hydrogen (secondary N) is 2. The van der Waals surface area contributed by atoms with Crippen LogP contribution in [-0.4, -0.2) is 32.0 Å². The second kappa shape index (κ2) is 9.82. The third-order valence-electron chi connectivity index (χ3n) is 5.29. The van der Waals surface area contributed by atoms with Crippen molar-refractivity contribution in [3.63, 3.8) is 0 Å². The van der Waals surface area contributed by atoms with Crippen LogP contribution in [0.2, 0.25) is 0 Å². The Labute approximate surface area is 188 Å². The first-order valence-corrected chi connectivity index (χ1v) is 12.9. The molecule has 7 nitrogen and oxygen atoms in total. The average Bonchev–Trinajstić information content (AvgIpc) is 3.37. The topological polar surface area (TPSA) is 91.4 Å². The van der Waals surface area contributed by atoms with Crippen LogP contribution in [0, 0.1) is 0 Å². The van der Waals surface area contributed by atoms with Crippen molar-refractivity contribution in [2.24, 2.45) is 0 Å². The number of rotatable bonds is 7. The second-order valence-corrected chi connectivity index (χ2v) is 10.7. The Kier molecular flexibility index (Phi) is 7.38. The number of sulfonamides is 1. The van der Waals surface area contributed by atoms with E-state index in [-0.39, 0.29) is 17.9 Å². The number of hydrogen-bond acceptors (Lipinski definition) is 6. The highest BCUT2D eigenvalue weighted by Gasteiger charge is 2.25. The fraction of sp³-hybridized carbons (Fsp3) is 0.455. The Bertz CT molecular complexity index is 1000. The van der Waals surface area contributed by atoms with Crippen molar-refractivity contribution in [3.8, 4) is 0 Å². The Morgan fingerprint density at radius 1 is 1.23 bits per heavy atom. The van der Waals surface area contributed by atoms with Gasteiger partial charge in [-0.3, -0.25) is 0 Å². The number of carbonyl (C=O) groups is 1. The monoisotopic (exact) mass is 462 g/mol. The molecular formula is C22H30N4O3S2. The molecule has 168 valence electrons. The zero-order chi connectivity index (χ0) is 22.6. The molecule has 2 amide bonds. The molecule has 1 saturated heterocycles. The molecule has 1 atom stereocenters. The summed E-state index contributed by atoms with van der Waals surface area (Å²) in [5.41, 5.74) is 2.62. The van der Waals surface area contributed by atoms with Crippen molar-refractivity contribution in [2.45, 2.75) is 58.4 Å². The van der Waals surface area contributed by atoms with Gasteiger partial charge in [0.15, 0.2) is 5.13 Å². The SMILES string of the molecule is CC(C)c1cccc(C(C)C)c1NC(=O)NS(=O)(=O)/C=C/[C@@H]1CCCN1c1nccs1. The fourth-order valence-corrected chi connectivity index (χ4v) is 5.27. The first-order chi connectivity index (χ1) is 14.7. The minimum Gasteiger partial charge on any atom is -0.342 e. The molecule has 1 aromatic carbocycles. The molecule has 2 heterocycles. The summed E-state index contributed by atoms with van der Waals surface area (Å²) in [6.45, 7) is 8.99. The van der Waals surface area contributed by atoms with Gasteiger partial charge in [0.05, 0.1) is 6.04 Å². The van der Waals surface area contributed by atoms with E-state index in [0.29, 0.717) is 5.69 Å². The predicted octanol–water partition coefficient (Wildman–Crippen LogP) is 5.02. The first kappa shape index (κ1) is 23.3. The highest BCUT2D eigenvalue weighted by Crippen LogP contribution is 2.32. The number of amides is 2. The maximum Gasteiger partial charge on any atom is 0.333 e. The van der Waals surface area contributed by atoms with Gasteiger partial charge in [0.2, 0.25) is 0 Å². The van der Waals surface area contributed by atoms with Crippen LogP contribution < -0.4 is 14.9 Å². The van der Waals surface area contributed by atoms with Gasteiger partial charge in [-0.1, -0.05) is 45.9 Å². The van der Waals surface area contributed by atoms with Gasteiger partial charge in [-0.25, -0.2) is 22.9 Å². The number of thiazole rings is 1. The Morgan fingerprint density at radius 3 is 2.48 bits per heavy atom. The number of anilines is 2. The smallest absolute Gasteiger partial charge is 0.333 e. The molecule has 31 heavy (non-hydrogen) atoms. The summed E-state index contributed by atoms with van der Waals surface area (Å²) >= 11 is 1.53. The summed E-state index contributed by atoms with van der Waals surface area (Å²) in [4.78, 5) is 19.0. The Morgan fingerprint density at radius 2 is 1.90 bits per heavy atom. The third-order valence-corrected chi connectivity index (χ3v) is 7.08. The lowest BCUT2D eigenvalue weighted by Crippen LogP contribution is -2.34. The molecular weight excluding hydrogens is 432 g/mol. The largest absolute Gasteiger partial charge is 0.342 e. The maximum atomic E-state index is 12.6. The number of urea groups is 1. The van der Waals surface area contributed by atoms with Crippen molar-refractivity contribution < 1.29 is 13.2 Å². The van der Waals surface area contributed by atoms with E-state index in [1.807, 2.05) is 51.3 Å². The number of carbonyl (C=O) groups excluding carboxylic acids is 1. The fourth-order valence-electron chi connectivity index (χ4n) is 3.78. The van der Waals surface area contributed by atoms with E-state index >= 15 is 0 Å². The van der Waals surface area contributed by atoms with E-state index in [0.717, 1.165) is 41.1 Å². The van der Waals surface area contributed by atoms with E-state index in [9.17, 15) is 13.2 Å². The minimum absolute atomic E-state index is 0.0556. The van der Waals surface area contributed by atoms with Crippen LogP contribution in [0.1, 0.15) is 63.5 Å². The lowest BCUT2D eigenvalue weighted by atomic mass is 9.93. The van der Waals surface area contributed by atoms with Gasteiger partial charge in [0.1, 0.15) is 0 Å². The zero-order valence-corrected chi connectivity index (χ0v) is 20.0. The maximum absolute atomic E-state index is 12.6. The molecule has 1 aliphatic rings. The van der Waals surface area contributed by atoms with E-state index in [1.54, 1.807) is 12.3 Å². The van der Waals surface area contributed by atoms with Gasteiger partial charge in [0, 0.05) is 29.2 Å². The van der Waals surface area contributed by atoms with Crippen LogP contribution in [0.15, 0.2) is 41.3 Å². The molecule has 3 rings (SSSR count). The number of benzene rings is 1. The molecule has 0 aliphatic carbocycles. The molecule has 0 bridgehead atoms. The van der Waals surface area contributed by atoms with Crippen LogP contribution in [0.3, 0.4) is 0 Å². The van der Waals surface area contributed by atoms with Gasteiger partial charge >= 0.3 is 6.03 Å². The third kappa shape index (κ3) is 5.86. The molecule has 1 fully saturated rings. The van der Waals surface area contributed by atoms with Crippen LogP contribution in [-0.2, 0) is 10.0 Å². The van der Waals surface area contributed by atoms with Gasteiger partial charge in [-0.05, 0) is 41.9 Å². The van der Waals surface area contributed by atoms with Gasteiger partial charge in [0.25, 0.3) is 10.0 Å². The van der Waals surface area contributed by atoms with Crippen molar-refractivity contribution in [1.29, 1.82) is 0 Å². The number of nitrogens with zero attached hydrogens (tertiary/aromatic N) is 2. The summed E-state index contributed by atoms with van der Waals surface area (Å²) < 4.78 is 27.2. The number of hydrogen-bond donors (Lipinski definition) is 2. The van der Waals surface area contributed by atoms with Crippen LogP contribution >= 0.6 is 11.3 Å². The van der Waals surface area contributed by atoms with Crippen molar-refractivity contribution in [2.75, 3.05) is 16.8 Å². The highest BCUT2D eigenvalue weighted by atomic mass is 32.2. The van der Waals surface area contributed by atoms with Gasteiger partial charge in [-0.2, -0.15) is 0 Å². The molecule has 2 aromatic rings. The predicted molar refractivity (Wildman–Crippen MR) is 127 cm³/mol. The quantitative estimate of drug-likeness (QED) is 0.603. The highest BCUT2D eigenvalue weighted by molar-refractivity contribution is 7.92. The lowest BCUT2D eigenvalue weighted by Gasteiger charge is -2.21. The minimum atomic E-state index is -3.93. The Balaban J connectivity index is 1.71. The van der Waals surface area contributed by atoms with Crippen LogP contribution in [0.4, 0.5) is 15.6 Å². The summed E-state index contributed by atoms with van der Waals surface area (Å²) in [7, 11) is -3.93. The lowest BCUT2D eigenvalue weighted by molar-refractivity contribution is 0.256. The molecule has 1 aromatic heterocycles. The van der Waals surface area contributed by atoms with Gasteiger partial charge < -0.3 is 10.2 Å². The van der Waals surface area contributed by atoms with E-state index in [2.05, 4.69) is 19.9 Å².